The first kappa shape index (κ1) is 17.0. The van der Waals surface area contributed by atoms with Crippen LogP contribution in [0.2, 0.25) is 0 Å². The van der Waals surface area contributed by atoms with E-state index in [1.165, 1.54) is 21.6 Å². The first-order chi connectivity index (χ1) is 9.82. The number of aryl methyl sites for hydroxylation is 2. The first-order valence-corrected chi connectivity index (χ1v) is 7.13. The third-order valence-electron chi connectivity index (χ3n) is 3.46. The Bertz CT molecular complexity index is 492. The van der Waals surface area contributed by atoms with Gasteiger partial charge in [0.2, 0.25) is 5.91 Å². The maximum atomic E-state index is 11.7. The fourth-order valence-corrected chi connectivity index (χ4v) is 2.24. The van der Waals surface area contributed by atoms with Crippen LogP contribution in [0.5, 0.6) is 0 Å². The summed E-state index contributed by atoms with van der Waals surface area (Å²) in [6.45, 7) is 6.36. The van der Waals surface area contributed by atoms with Gasteiger partial charge >= 0.3 is 6.03 Å². The topological polar surface area (TPSA) is 61.4 Å². The van der Waals surface area contributed by atoms with Gasteiger partial charge in [-0.2, -0.15) is 0 Å². The highest BCUT2D eigenvalue weighted by molar-refractivity contribution is 5.86. The molecule has 0 aliphatic heterocycles. The minimum atomic E-state index is -0.528. The lowest BCUT2D eigenvalue weighted by molar-refractivity contribution is -0.130. The molecule has 1 aromatic carbocycles. The van der Waals surface area contributed by atoms with Crippen LogP contribution in [0.25, 0.3) is 0 Å². The quantitative estimate of drug-likeness (QED) is 0.866. The van der Waals surface area contributed by atoms with Crippen molar-refractivity contribution in [2.24, 2.45) is 0 Å². The van der Waals surface area contributed by atoms with Gasteiger partial charge < -0.3 is 15.5 Å². The summed E-state index contributed by atoms with van der Waals surface area (Å²) in [6.07, 6.45) is 0.780. The lowest BCUT2D eigenvalue weighted by Gasteiger charge is -2.18. The van der Waals surface area contributed by atoms with Crippen LogP contribution in [0.4, 0.5) is 4.79 Å². The number of likely N-dealkylation sites (N-methyl/N-ethyl adjacent to an activating group) is 1. The fraction of sp³-hybridized carbons (Fsp3) is 0.500. The molecule has 0 bridgehead atoms. The molecule has 0 spiro atoms. The van der Waals surface area contributed by atoms with Crippen molar-refractivity contribution in [3.05, 3.63) is 34.9 Å². The van der Waals surface area contributed by atoms with Crippen LogP contribution in [-0.2, 0) is 11.2 Å². The molecule has 0 saturated heterocycles. The summed E-state index contributed by atoms with van der Waals surface area (Å²) in [5.74, 6) is -0.125. The largest absolute Gasteiger partial charge is 0.347 e. The van der Waals surface area contributed by atoms with Gasteiger partial charge in [0.1, 0.15) is 6.04 Å². The summed E-state index contributed by atoms with van der Waals surface area (Å²) in [4.78, 5) is 24.9. The molecular weight excluding hydrogens is 266 g/mol. The molecule has 2 N–H and O–H groups in total. The lowest BCUT2D eigenvalue weighted by atomic mass is 10.0. The number of nitrogens with one attached hydrogen (secondary N) is 2. The Morgan fingerprint density at radius 3 is 2.29 bits per heavy atom. The van der Waals surface area contributed by atoms with Crippen molar-refractivity contribution >= 4 is 11.9 Å². The Balaban J connectivity index is 2.42. The summed E-state index contributed by atoms with van der Waals surface area (Å²) in [6, 6.07) is 5.33. The molecular formula is C16H25N3O2. The monoisotopic (exact) mass is 291 g/mol. The Labute approximate surface area is 126 Å². The van der Waals surface area contributed by atoms with Gasteiger partial charge in [-0.05, 0) is 43.9 Å². The second-order valence-corrected chi connectivity index (χ2v) is 5.47. The minimum absolute atomic E-state index is 0.125. The van der Waals surface area contributed by atoms with Gasteiger partial charge in [0.25, 0.3) is 0 Å². The molecule has 0 aliphatic rings. The van der Waals surface area contributed by atoms with Crippen molar-refractivity contribution in [2.75, 3.05) is 20.6 Å². The maximum Gasteiger partial charge on any atom is 0.315 e. The summed E-state index contributed by atoms with van der Waals surface area (Å²) in [7, 11) is 3.33. The fourth-order valence-electron chi connectivity index (χ4n) is 2.24. The Hall–Kier alpha value is -2.04. The molecule has 1 aromatic rings. The first-order valence-electron chi connectivity index (χ1n) is 7.13. The molecule has 0 fully saturated rings. The Kier molecular flexibility index (Phi) is 6.21. The molecule has 0 aromatic heterocycles. The molecule has 5 nitrogen and oxygen atoms in total. The van der Waals surface area contributed by atoms with E-state index in [0.717, 1.165) is 6.42 Å². The average molecular weight is 291 g/mol. The zero-order valence-corrected chi connectivity index (χ0v) is 13.5. The summed E-state index contributed by atoms with van der Waals surface area (Å²) >= 11 is 0. The number of benzene rings is 1. The van der Waals surface area contributed by atoms with Crippen LogP contribution < -0.4 is 10.6 Å². The summed E-state index contributed by atoms with van der Waals surface area (Å²) < 4.78 is 0. The SMILES string of the molecule is Cc1cccc(C)c1CCNC(=O)N[C@@H](C)C(=O)N(C)C. The van der Waals surface area contributed by atoms with Crippen LogP contribution in [-0.4, -0.2) is 43.5 Å². The molecule has 0 radical (unpaired) electrons. The molecule has 5 heteroatoms. The maximum absolute atomic E-state index is 11.7. The van der Waals surface area contributed by atoms with E-state index >= 15 is 0 Å². The third kappa shape index (κ3) is 5.10. The van der Waals surface area contributed by atoms with E-state index in [0.29, 0.717) is 6.54 Å². The van der Waals surface area contributed by atoms with Crippen molar-refractivity contribution in [1.82, 2.24) is 15.5 Å². The minimum Gasteiger partial charge on any atom is -0.347 e. The zero-order chi connectivity index (χ0) is 16.0. The number of rotatable bonds is 5. The van der Waals surface area contributed by atoms with E-state index in [1.54, 1.807) is 21.0 Å². The van der Waals surface area contributed by atoms with E-state index in [2.05, 4.69) is 36.6 Å². The van der Waals surface area contributed by atoms with E-state index in [-0.39, 0.29) is 11.9 Å². The normalized spacial score (nSPS) is 11.7. The van der Waals surface area contributed by atoms with Crippen molar-refractivity contribution in [2.45, 2.75) is 33.2 Å². The lowest BCUT2D eigenvalue weighted by Crippen LogP contribution is -2.48. The van der Waals surface area contributed by atoms with Crippen LogP contribution >= 0.6 is 0 Å². The highest BCUT2D eigenvalue weighted by atomic mass is 16.2. The van der Waals surface area contributed by atoms with Gasteiger partial charge in [0.05, 0.1) is 0 Å². The number of nitrogens with zero attached hydrogens (tertiary/aromatic N) is 1. The molecule has 1 rings (SSSR count). The van der Waals surface area contributed by atoms with Crippen LogP contribution in [0.15, 0.2) is 18.2 Å². The second-order valence-electron chi connectivity index (χ2n) is 5.47. The van der Waals surface area contributed by atoms with Gasteiger partial charge in [-0.25, -0.2) is 4.79 Å². The molecule has 0 saturated carbocycles. The Morgan fingerprint density at radius 1 is 1.19 bits per heavy atom. The van der Waals surface area contributed by atoms with Gasteiger partial charge in [-0.15, -0.1) is 0 Å². The number of hydrogen-bond acceptors (Lipinski definition) is 2. The van der Waals surface area contributed by atoms with Gasteiger partial charge in [-0.3, -0.25) is 4.79 Å². The van der Waals surface area contributed by atoms with Crippen molar-refractivity contribution in [1.29, 1.82) is 0 Å². The highest BCUT2D eigenvalue weighted by Crippen LogP contribution is 2.13. The standard InChI is InChI=1S/C16H25N3O2/c1-11-7-6-8-12(2)14(11)9-10-17-16(21)18-13(3)15(20)19(4)5/h6-8,13H,9-10H2,1-5H3,(H2,17,18,21)/t13-/m0/s1. The Morgan fingerprint density at radius 2 is 1.76 bits per heavy atom. The van der Waals surface area contributed by atoms with Gasteiger partial charge in [0, 0.05) is 20.6 Å². The number of urea groups is 1. The van der Waals surface area contributed by atoms with Crippen molar-refractivity contribution in [3.8, 4) is 0 Å². The van der Waals surface area contributed by atoms with E-state index in [1.807, 2.05) is 6.07 Å². The van der Waals surface area contributed by atoms with Crippen molar-refractivity contribution < 1.29 is 9.59 Å². The smallest absolute Gasteiger partial charge is 0.315 e. The van der Waals surface area contributed by atoms with Crippen LogP contribution in [0.3, 0.4) is 0 Å². The number of amides is 3. The van der Waals surface area contributed by atoms with E-state index in [9.17, 15) is 9.59 Å². The summed E-state index contributed by atoms with van der Waals surface area (Å²) in [5.41, 5.74) is 3.72. The third-order valence-corrected chi connectivity index (χ3v) is 3.46. The molecule has 3 amide bonds. The molecule has 0 aliphatic carbocycles. The predicted octanol–water partition coefficient (Wildman–Crippen LogP) is 1.62. The molecule has 21 heavy (non-hydrogen) atoms. The van der Waals surface area contributed by atoms with Gasteiger partial charge in [0.15, 0.2) is 0 Å². The van der Waals surface area contributed by atoms with Gasteiger partial charge in [-0.1, -0.05) is 18.2 Å². The second kappa shape index (κ2) is 7.67. The predicted molar refractivity (Wildman–Crippen MR) is 84.3 cm³/mol. The molecule has 0 heterocycles. The molecule has 0 unspecified atom stereocenters. The molecule has 1 atom stereocenters. The average Bonchev–Trinajstić information content (AvgIpc) is 2.41. The number of hydrogen-bond donors (Lipinski definition) is 2. The summed E-state index contributed by atoms with van der Waals surface area (Å²) in [5, 5.41) is 5.42. The van der Waals surface area contributed by atoms with Crippen molar-refractivity contribution in [3.63, 3.8) is 0 Å². The molecule has 116 valence electrons. The van der Waals surface area contributed by atoms with E-state index < -0.39 is 6.04 Å². The number of carbonyl (C=O) groups is 2. The highest BCUT2D eigenvalue weighted by Gasteiger charge is 2.16. The number of carbonyl (C=O) groups excluding carboxylic acids is 2. The van der Waals surface area contributed by atoms with E-state index in [4.69, 9.17) is 0 Å². The van der Waals surface area contributed by atoms with Crippen LogP contribution in [0.1, 0.15) is 23.6 Å². The van der Waals surface area contributed by atoms with Crippen LogP contribution in [0, 0.1) is 13.8 Å². The zero-order valence-electron chi connectivity index (χ0n) is 13.5.